The number of hydrogen-bond donors (Lipinski definition) is 1. The molecule has 0 aromatic heterocycles. The van der Waals surface area contributed by atoms with Gasteiger partial charge in [0.1, 0.15) is 0 Å². The third kappa shape index (κ3) is 1.71. The van der Waals surface area contributed by atoms with Crippen molar-refractivity contribution in [3.8, 4) is 0 Å². The quantitative estimate of drug-likeness (QED) is 0.545. The van der Waals surface area contributed by atoms with Crippen molar-refractivity contribution >= 4 is 12.1 Å². The highest BCUT2D eigenvalue weighted by molar-refractivity contribution is 5.82. The maximum atomic E-state index is 10.7. The Morgan fingerprint density at radius 2 is 2.40 bits per heavy atom. The van der Waals surface area contributed by atoms with Gasteiger partial charge in [-0.25, -0.2) is 5.43 Å². The van der Waals surface area contributed by atoms with Crippen LogP contribution in [-0.4, -0.2) is 12.1 Å². The van der Waals surface area contributed by atoms with Crippen molar-refractivity contribution in [2.75, 3.05) is 0 Å². The Bertz CT molecular complexity index is 342. The SMILES string of the molecule is CC(=O)N/N=C\C1=CC[C@@H]2C[C@H]1C2(C)C. The zero-order chi connectivity index (χ0) is 11.1. The van der Waals surface area contributed by atoms with Crippen LogP contribution >= 0.6 is 0 Å². The highest BCUT2D eigenvalue weighted by Gasteiger charge is 2.50. The van der Waals surface area contributed by atoms with E-state index >= 15 is 0 Å². The number of carbonyl (C=O) groups excluding carboxylic acids is 1. The van der Waals surface area contributed by atoms with E-state index in [4.69, 9.17) is 0 Å². The van der Waals surface area contributed by atoms with Gasteiger partial charge >= 0.3 is 0 Å². The van der Waals surface area contributed by atoms with Crippen molar-refractivity contribution in [1.29, 1.82) is 0 Å². The van der Waals surface area contributed by atoms with Crippen molar-refractivity contribution in [3.05, 3.63) is 11.6 Å². The van der Waals surface area contributed by atoms with E-state index in [-0.39, 0.29) is 5.91 Å². The van der Waals surface area contributed by atoms with Gasteiger partial charge in [0.15, 0.2) is 0 Å². The van der Waals surface area contributed by atoms with Crippen LogP contribution in [0.2, 0.25) is 0 Å². The molecule has 0 heterocycles. The molecule has 1 saturated carbocycles. The summed E-state index contributed by atoms with van der Waals surface area (Å²) in [7, 11) is 0. The highest BCUT2D eigenvalue weighted by Crippen LogP contribution is 2.58. The Hall–Kier alpha value is -1.12. The van der Waals surface area contributed by atoms with E-state index in [0.717, 1.165) is 12.3 Å². The summed E-state index contributed by atoms with van der Waals surface area (Å²) in [5, 5.41) is 3.94. The van der Waals surface area contributed by atoms with Crippen LogP contribution in [0.25, 0.3) is 0 Å². The molecule has 0 radical (unpaired) electrons. The molecule has 2 bridgehead atoms. The maximum Gasteiger partial charge on any atom is 0.236 e. The van der Waals surface area contributed by atoms with Gasteiger partial charge in [-0.1, -0.05) is 19.9 Å². The lowest BCUT2D eigenvalue weighted by Crippen LogP contribution is -2.48. The Morgan fingerprint density at radius 3 is 2.93 bits per heavy atom. The highest BCUT2D eigenvalue weighted by atomic mass is 16.2. The number of hydrazone groups is 1. The standard InChI is InChI=1S/C12H18N2O/c1-8(15)14-13-7-9-4-5-10-6-11(9)12(10,2)3/h4,7,10-11H,5-6H2,1-3H3,(H,14,15)/b13-7-/t10-,11-/m1/s1. The summed E-state index contributed by atoms with van der Waals surface area (Å²) >= 11 is 0. The molecule has 0 unspecified atom stereocenters. The molecule has 3 aliphatic carbocycles. The van der Waals surface area contributed by atoms with Crippen molar-refractivity contribution in [3.63, 3.8) is 0 Å². The first-order valence-corrected chi connectivity index (χ1v) is 5.51. The first-order valence-electron chi connectivity index (χ1n) is 5.51. The minimum Gasteiger partial charge on any atom is -0.274 e. The molecule has 1 amide bonds. The lowest BCUT2D eigenvalue weighted by Gasteiger charge is -2.55. The fourth-order valence-electron chi connectivity index (χ4n) is 2.74. The smallest absolute Gasteiger partial charge is 0.236 e. The monoisotopic (exact) mass is 206 g/mol. The van der Waals surface area contributed by atoms with Gasteiger partial charge in [0, 0.05) is 6.92 Å². The second-order valence-electron chi connectivity index (χ2n) is 5.17. The molecule has 3 aliphatic rings. The number of allylic oxidation sites excluding steroid dienone is 2. The fraction of sp³-hybridized carbons (Fsp3) is 0.667. The summed E-state index contributed by atoms with van der Waals surface area (Å²) in [5.74, 6) is 1.36. The summed E-state index contributed by atoms with van der Waals surface area (Å²) in [6, 6.07) is 0. The fourth-order valence-corrected chi connectivity index (χ4v) is 2.74. The zero-order valence-electron chi connectivity index (χ0n) is 9.58. The average Bonchev–Trinajstić information content (AvgIpc) is 2.17. The lowest BCUT2D eigenvalue weighted by molar-refractivity contribution is -0.118. The Morgan fingerprint density at radius 1 is 1.67 bits per heavy atom. The molecule has 3 nitrogen and oxygen atoms in total. The molecule has 82 valence electrons. The molecule has 15 heavy (non-hydrogen) atoms. The van der Waals surface area contributed by atoms with Gasteiger partial charge < -0.3 is 0 Å². The van der Waals surface area contributed by atoms with Crippen LogP contribution in [0.3, 0.4) is 0 Å². The van der Waals surface area contributed by atoms with E-state index in [0.29, 0.717) is 11.3 Å². The normalized spacial score (nSPS) is 32.1. The van der Waals surface area contributed by atoms with Gasteiger partial charge in [0.2, 0.25) is 5.91 Å². The maximum absolute atomic E-state index is 10.7. The largest absolute Gasteiger partial charge is 0.274 e. The summed E-state index contributed by atoms with van der Waals surface area (Å²) in [4.78, 5) is 10.7. The number of amides is 1. The third-order valence-corrected chi connectivity index (χ3v) is 3.95. The Kier molecular flexibility index (Phi) is 2.41. The minimum atomic E-state index is -0.117. The van der Waals surface area contributed by atoms with Gasteiger partial charge in [0.05, 0.1) is 6.21 Å². The van der Waals surface area contributed by atoms with Gasteiger partial charge in [-0.2, -0.15) is 5.10 Å². The second-order valence-corrected chi connectivity index (χ2v) is 5.17. The predicted molar refractivity (Wildman–Crippen MR) is 60.4 cm³/mol. The van der Waals surface area contributed by atoms with Crippen LogP contribution in [0.15, 0.2) is 16.8 Å². The van der Waals surface area contributed by atoms with Crippen LogP contribution in [0.5, 0.6) is 0 Å². The second kappa shape index (κ2) is 3.47. The summed E-state index contributed by atoms with van der Waals surface area (Å²) in [6.07, 6.45) is 6.51. The predicted octanol–water partition coefficient (Wildman–Crippen LogP) is 2.10. The Balaban J connectivity index is 2.02. The van der Waals surface area contributed by atoms with Gasteiger partial charge in [-0.3, -0.25) is 4.79 Å². The van der Waals surface area contributed by atoms with Gasteiger partial charge in [-0.15, -0.1) is 0 Å². The molecule has 1 N–H and O–H groups in total. The lowest BCUT2D eigenvalue weighted by atomic mass is 9.49. The van der Waals surface area contributed by atoms with Crippen LogP contribution in [0.1, 0.15) is 33.6 Å². The first kappa shape index (κ1) is 10.4. The zero-order valence-corrected chi connectivity index (χ0v) is 9.58. The van der Waals surface area contributed by atoms with E-state index < -0.39 is 0 Å². The molecule has 0 saturated heterocycles. The van der Waals surface area contributed by atoms with E-state index in [2.05, 4.69) is 30.5 Å². The number of nitrogens with one attached hydrogen (secondary N) is 1. The number of rotatable bonds is 2. The van der Waals surface area contributed by atoms with E-state index in [1.54, 1.807) is 0 Å². The van der Waals surface area contributed by atoms with E-state index in [9.17, 15) is 4.79 Å². The molecule has 2 atom stereocenters. The molecule has 0 spiro atoms. The summed E-state index contributed by atoms with van der Waals surface area (Å²) < 4.78 is 0. The van der Waals surface area contributed by atoms with Crippen LogP contribution in [0.4, 0.5) is 0 Å². The van der Waals surface area contributed by atoms with Crippen molar-refractivity contribution < 1.29 is 4.79 Å². The first-order chi connectivity index (χ1) is 7.01. The average molecular weight is 206 g/mol. The molecule has 0 aliphatic heterocycles. The minimum absolute atomic E-state index is 0.117. The van der Waals surface area contributed by atoms with Crippen molar-refractivity contribution in [2.45, 2.75) is 33.6 Å². The van der Waals surface area contributed by atoms with Crippen LogP contribution < -0.4 is 5.43 Å². The summed E-state index contributed by atoms with van der Waals surface area (Å²) in [6.45, 7) is 6.12. The molecular weight excluding hydrogens is 188 g/mol. The number of carbonyl (C=O) groups is 1. The third-order valence-electron chi connectivity index (χ3n) is 3.95. The van der Waals surface area contributed by atoms with E-state index in [1.165, 1.54) is 18.9 Å². The van der Waals surface area contributed by atoms with Crippen molar-refractivity contribution in [1.82, 2.24) is 5.43 Å². The molecule has 1 fully saturated rings. The molecule has 3 heteroatoms. The van der Waals surface area contributed by atoms with Crippen molar-refractivity contribution in [2.24, 2.45) is 22.4 Å². The van der Waals surface area contributed by atoms with Gasteiger partial charge in [0.25, 0.3) is 0 Å². The molecular formula is C12H18N2O. The van der Waals surface area contributed by atoms with E-state index in [1.807, 2.05) is 6.21 Å². The number of fused-ring (bicyclic) bond motifs is 1. The Labute approximate surface area is 90.6 Å². The molecule has 3 rings (SSSR count). The van der Waals surface area contributed by atoms with Gasteiger partial charge in [-0.05, 0) is 35.7 Å². The van der Waals surface area contributed by atoms with Crippen LogP contribution in [-0.2, 0) is 4.79 Å². The topological polar surface area (TPSA) is 41.5 Å². The number of nitrogens with zero attached hydrogens (tertiary/aromatic N) is 1. The molecule has 0 aromatic carbocycles. The number of hydrogen-bond acceptors (Lipinski definition) is 2. The molecule has 0 aromatic rings. The van der Waals surface area contributed by atoms with Crippen LogP contribution in [0, 0.1) is 17.3 Å². The summed E-state index contributed by atoms with van der Waals surface area (Å²) in [5.41, 5.74) is 4.16.